The minimum Gasteiger partial charge on any atom is -0.357 e. The number of imidazole rings is 1. The molecule has 7 nitrogen and oxygen atoms in total. The average molecular weight is 491 g/mol. The van der Waals surface area contributed by atoms with Gasteiger partial charge in [-0.15, -0.1) is 24.0 Å². The highest BCUT2D eigenvalue weighted by atomic mass is 127. The number of aryl methyl sites for hydroxylation is 1. The van der Waals surface area contributed by atoms with E-state index in [9.17, 15) is 8.42 Å². The van der Waals surface area contributed by atoms with Crippen molar-refractivity contribution < 1.29 is 8.42 Å². The van der Waals surface area contributed by atoms with Gasteiger partial charge in [0.05, 0.1) is 17.8 Å². The number of halogens is 1. The minimum atomic E-state index is -3.19. The van der Waals surface area contributed by atoms with Gasteiger partial charge in [0.1, 0.15) is 0 Å². The molecule has 0 aliphatic rings. The van der Waals surface area contributed by atoms with E-state index in [0.717, 1.165) is 36.7 Å². The van der Waals surface area contributed by atoms with Crippen molar-refractivity contribution in [3.8, 4) is 0 Å². The molecule has 2 rings (SSSR count). The smallest absolute Gasteiger partial charge is 0.191 e. The van der Waals surface area contributed by atoms with E-state index in [1.807, 2.05) is 29.8 Å². The zero-order valence-electron chi connectivity index (χ0n) is 15.3. The third-order valence-corrected chi connectivity index (χ3v) is 4.88. The molecular formula is C17H26IN5O2S. The van der Waals surface area contributed by atoms with Crippen LogP contribution in [0.2, 0.25) is 0 Å². The van der Waals surface area contributed by atoms with Gasteiger partial charge in [-0.3, -0.25) is 0 Å². The van der Waals surface area contributed by atoms with Crippen LogP contribution in [0.4, 0.5) is 0 Å². The standard InChI is InChI=1S/C17H25N5O2S.HI/c1-4-19-17(20-8-10-22-9-7-18-13-22)21-12-15-5-6-16(14(2)11-15)25(3,23)24;/h5-7,9,11,13H,4,8,10,12H2,1-3H3,(H2,19,20,21);1H. The monoisotopic (exact) mass is 491 g/mol. The largest absolute Gasteiger partial charge is 0.357 e. The van der Waals surface area contributed by atoms with Crippen LogP contribution in [0.3, 0.4) is 0 Å². The summed E-state index contributed by atoms with van der Waals surface area (Å²) >= 11 is 0. The number of sulfone groups is 1. The first-order chi connectivity index (χ1) is 11.9. The van der Waals surface area contributed by atoms with Crippen molar-refractivity contribution in [2.75, 3.05) is 19.3 Å². The maximum Gasteiger partial charge on any atom is 0.191 e. The number of hydrogen-bond acceptors (Lipinski definition) is 4. The lowest BCUT2D eigenvalue weighted by Crippen LogP contribution is -2.38. The van der Waals surface area contributed by atoms with Gasteiger partial charge in [0.15, 0.2) is 15.8 Å². The van der Waals surface area contributed by atoms with Crippen molar-refractivity contribution in [1.29, 1.82) is 0 Å². The summed E-state index contributed by atoms with van der Waals surface area (Å²) in [6, 6.07) is 5.33. The number of benzene rings is 1. The van der Waals surface area contributed by atoms with Crippen LogP contribution in [-0.4, -0.2) is 43.3 Å². The third kappa shape index (κ3) is 6.94. The summed E-state index contributed by atoms with van der Waals surface area (Å²) in [5, 5.41) is 6.48. The van der Waals surface area contributed by atoms with Crippen LogP contribution in [0.5, 0.6) is 0 Å². The molecule has 2 N–H and O–H groups in total. The van der Waals surface area contributed by atoms with E-state index in [4.69, 9.17) is 0 Å². The van der Waals surface area contributed by atoms with Crippen LogP contribution < -0.4 is 10.6 Å². The van der Waals surface area contributed by atoms with Crippen molar-refractivity contribution in [1.82, 2.24) is 20.2 Å². The van der Waals surface area contributed by atoms with E-state index in [1.54, 1.807) is 25.5 Å². The Hall–Kier alpha value is -1.62. The van der Waals surface area contributed by atoms with Gasteiger partial charge in [-0.1, -0.05) is 12.1 Å². The molecule has 144 valence electrons. The molecular weight excluding hydrogens is 465 g/mol. The van der Waals surface area contributed by atoms with Gasteiger partial charge in [0.25, 0.3) is 0 Å². The molecule has 0 unspecified atom stereocenters. The van der Waals surface area contributed by atoms with Crippen LogP contribution in [0.25, 0.3) is 0 Å². The molecule has 0 aliphatic heterocycles. The second-order valence-electron chi connectivity index (χ2n) is 5.79. The number of aromatic nitrogens is 2. The summed E-state index contributed by atoms with van der Waals surface area (Å²) in [4.78, 5) is 8.93. The van der Waals surface area contributed by atoms with Gasteiger partial charge >= 0.3 is 0 Å². The number of hydrogen-bond donors (Lipinski definition) is 2. The van der Waals surface area contributed by atoms with Gasteiger partial charge in [-0.05, 0) is 31.0 Å². The highest BCUT2D eigenvalue weighted by molar-refractivity contribution is 14.0. The van der Waals surface area contributed by atoms with E-state index in [2.05, 4.69) is 20.6 Å². The van der Waals surface area contributed by atoms with Gasteiger partial charge in [0, 0.05) is 38.3 Å². The summed E-state index contributed by atoms with van der Waals surface area (Å²) in [7, 11) is -3.19. The van der Waals surface area contributed by atoms with E-state index in [1.165, 1.54) is 6.26 Å². The Bertz CT molecular complexity index is 820. The first-order valence-electron chi connectivity index (χ1n) is 8.17. The van der Waals surface area contributed by atoms with Crippen LogP contribution in [0, 0.1) is 6.92 Å². The van der Waals surface area contributed by atoms with Crippen LogP contribution in [0.15, 0.2) is 46.8 Å². The molecule has 0 radical (unpaired) electrons. The van der Waals surface area contributed by atoms with E-state index in [0.29, 0.717) is 11.4 Å². The molecule has 0 bridgehead atoms. The molecule has 2 aromatic rings. The Morgan fingerprint density at radius 3 is 2.65 bits per heavy atom. The number of aliphatic imine (C=N–C) groups is 1. The number of rotatable bonds is 7. The van der Waals surface area contributed by atoms with Crippen molar-refractivity contribution >= 4 is 39.8 Å². The van der Waals surface area contributed by atoms with Crippen molar-refractivity contribution in [3.05, 3.63) is 48.0 Å². The Labute approximate surface area is 172 Å². The minimum absolute atomic E-state index is 0. The second-order valence-corrected chi connectivity index (χ2v) is 7.78. The Balaban J connectivity index is 0.00000338. The third-order valence-electron chi connectivity index (χ3n) is 3.62. The lowest BCUT2D eigenvalue weighted by atomic mass is 10.1. The van der Waals surface area contributed by atoms with Crippen LogP contribution in [-0.2, 0) is 22.9 Å². The Morgan fingerprint density at radius 1 is 1.31 bits per heavy atom. The molecule has 1 aromatic carbocycles. The van der Waals surface area contributed by atoms with Gasteiger partial charge in [-0.2, -0.15) is 0 Å². The normalized spacial score (nSPS) is 11.7. The van der Waals surface area contributed by atoms with Gasteiger partial charge < -0.3 is 15.2 Å². The van der Waals surface area contributed by atoms with Crippen LogP contribution >= 0.6 is 24.0 Å². The lowest BCUT2D eigenvalue weighted by molar-refractivity contribution is 0.601. The molecule has 1 heterocycles. The van der Waals surface area contributed by atoms with E-state index >= 15 is 0 Å². The molecule has 0 aliphatic carbocycles. The summed E-state index contributed by atoms with van der Waals surface area (Å²) < 4.78 is 25.3. The molecule has 0 spiro atoms. The van der Waals surface area contributed by atoms with Crippen molar-refractivity contribution in [3.63, 3.8) is 0 Å². The maximum atomic E-state index is 11.7. The van der Waals surface area contributed by atoms with E-state index in [-0.39, 0.29) is 24.0 Å². The highest BCUT2D eigenvalue weighted by Crippen LogP contribution is 2.17. The predicted molar refractivity (Wildman–Crippen MR) is 115 cm³/mol. The molecule has 26 heavy (non-hydrogen) atoms. The Morgan fingerprint density at radius 2 is 2.08 bits per heavy atom. The fourth-order valence-corrected chi connectivity index (χ4v) is 3.42. The molecule has 1 aromatic heterocycles. The molecule has 0 saturated heterocycles. The van der Waals surface area contributed by atoms with Gasteiger partial charge in [0.2, 0.25) is 0 Å². The zero-order valence-corrected chi connectivity index (χ0v) is 18.4. The molecule has 0 amide bonds. The summed E-state index contributed by atoms with van der Waals surface area (Å²) in [5.74, 6) is 0.729. The van der Waals surface area contributed by atoms with E-state index < -0.39 is 9.84 Å². The Kier molecular flexibility index (Phi) is 9.06. The average Bonchev–Trinajstić information content (AvgIpc) is 3.04. The first-order valence-corrected chi connectivity index (χ1v) is 10.1. The summed E-state index contributed by atoms with van der Waals surface area (Å²) in [6.07, 6.45) is 6.66. The molecule has 0 saturated carbocycles. The lowest BCUT2D eigenvalue weighted by Gasteiger charge is -2.12. The topological polar surface area (TPSA) is 88.4 Å². The van der Waals surface area contributed by atoms with Crippen molar-refractivity contribution in [2.24, 2.45) is 4.99 Å². The number of nitrogens with zero attached hydrogens (tertiary/aromatic N) is 3. The predicted octanol–water partition coefficient (Wildman–Crippen LogP) is 1.97. The number of guanidine groups is 1. The summed E-state index contributed by atoms with van der Waals surface area (Å²) in [6.45, 7) is 6.59. The highest BCUT2D eigenvalue weighted by Gasteiger charge is 2.10. The van der Waals surface area contributed by atoms with Crippen LogP contribution in [0.1, 0.15) is 18.1 Å². The molecule has 0 fully saturated rings. The quantitative estimate of drug-likeness (QED) is 0.351. The summed E-state index contributed by atoms with van der Waals surface area (Å²) in [5.41, 5.74) is 1.71. The van der Waals surface area contributed by atoms with Crippen molar-refractivity contribution in [2.45, 2.75) is 31.8 Å². The fraction of sp³-hybridized carbons (Fsp3) is 0.412. The number of nitrogens with one attached hydrogen (secondary N) is 2. The first kappa shape index (κ1) is 22.4. The fourth-order valence-electron chi connectivity index (χ4n) is 2.46. The maximum absolute atomic E-state index is 11.7. The zero-order chi connectivity index (χ0) is 18.3. The second kappa shape index (κ2) is 10.5. The molecule has 9 heteroatoms. The van der Waals surface area contributed by atoms with Gasteiger partial charge in [-0.25, -0.2) is 18.4 Å². The SMILES string of the molecule is CCNC(=NCc1ccc(S(C)(=O)=O)c(C)c1)NCCn1ccnc1.I. The molecule has 0 atom stereocenters.